The molecular formula is C13H20N2O2S. The lowest BCUT2D eigenvalue weighted by molar-refractivity contribution is 0.0702. The minimum Gasteiger partial charge on any atom is -0.477 e. The molecule has 1 aromatic rings. The number of aromatic carboxylic acids is 1. The van der Waals surface area contributed by atoms with Crippen LogP contribution in [-0.4, -0.2) is 53.1 Å². The lowest BCUT2D eigenvalue weighted by Gasteiger charge is -2.39. The third kappa shape index (κ3) is 3.10. The molecule has 2 rings (SSSR count). The first kappa shape index (κ1) is 13.5. The summed E-state index contributed by atoms with van der Waals surface area (Å²) in [4.78, 5) is 17.3. The van der Waals surface area contributed by atoms with Gasteiger partial charge in [0.1, 0.15) is 4.88 Å². The van der Waals surface area contributed by atoms with Crippen LogP contribution >= 0.6 is 11.3 Å². The maximum atomic E-state index is 10.8. The number of carboxylic acid groups (broad SMARTS) is 1. The van der Waals surface area contributed by atoms with Gasteiger partial charge in [0, 0.05) is 37.1 Å². The van der Waals surface area contributed by atoms with Crippen LogP contribution in [0.3, 0.4) is 0 Å². The highest BCUT2D eigenvalue weighted by Gasteiger charge is 2.22. The van der Waals surface area contributed by atoms with E-state index in [1.807, 2.05) is 6.07 Å². The Morgan fingerprint density at radius 2 is 2.28 bits per heavy atom. The summed E-state index contributed by atoms with van der Waals surface area (Å²) in [7, 11) is 0. The number of rotatable bonds is 4. The van der Waals surface area contributed by atoms with Crippen LogP contribution in [0.1, 0.15) is 28.4 Å². The molecule has 18 heavy (non-hydrogen) atoms. The van der Waals surface area contributed by atoms with Crippen molar-refractivity contribution >= 4 is 17.3 Å². The van der Waals surface area contributed by atoms with E-state index in [2.05, 4.69) is 23.6 Å². The van der Waals surface area contributed by atoms with Crippen LogP contribution in [0.5, 0.6) is 0 Å². The lowest BCUT2D eigenvalue weighted by Crippen LogP contribution is -2.51. The van der Waals surface area contributed by atoms with Gasteiger partial charge < -0.3 is 5.11 Å². The normalized spacial score (nSPS) is 22.2. The number of hydrogen-bond donors (Lipinski definition) is 1. The van der Waals surface area contributed by atoms with Crippen molar-refractivity contribution in [3.8, 4) is 0 Å². The van der Waals surface area contributed by atoms with Crippen molar-refractivity contribution in [1.29, 1.82) is 0 Å². The summed E-state index contributed by atoms with van der Waals surface area (Å²) >= 11 is 1.39. The Balaban J connectivity index is 1.92. The van der Waals surface area contributed by atoms with E-state index in [9.17, 15) is 4.79 Å². The Morgan fingerprint density at radius 3 is 2.83 bits per heavy atom. The summed E-state index contributed by atoms with van der Waals surface area (Å²) in [5, 5.41) is 8.90. The van der Waals surface area contributed by atoms with Crippen LogP contribution < -0.4 is 0 Å². The molecule has 1 saturated heterocycles. The van der Waals surface area contributed by atoms with Gasteiger partial charge in [0.25, 0.3) is 0 Å². The van der Waals surface area contributed by atoms with Crippen LogP contribution in [0.2, 0.25) is 0 Å². The molecule has 1 aliphatic rings. The van der Waals surface area contributed by atoms with E-state index in [0.29, 0.717) is 10.9 Å². The quantitative estimate of drug-likeness (QED) is 0.907. The molecule has 1 N–H and O–H groups in total. The second-order valence-electron chi connectivity index (χ2n) is 4.78. The Labute approximate surface area is 112 Å². The molecule has 0 amide bonds. The second-order valence-corrected chi connectivity index (χ2v) is 5.95. The van der Waals surface area contributed by atoms with Crippen molar-refractivity contribution in [2.24, 2.45) is 0 Å². The van der Waals surface area contributed by atoms with Gasteiger partial charge in [-0.1, -0.05) is 6.92 Å². The molecule has 0 saturated carbocycles. The van der Waals surface area contributed by atoms with Crippen molar-refractivity contribution in [3.05, 3.63) is 21.9 Å². The van der Waals surface area contributed by atoms with Crippen molar-refractivity contribution in [2.45, 2.75) is 26.4 Å². The molecule has 1 atom stereocenters. The average molecular weight is 268 g/mol. The SMILES string of the molecule is CCN1CCN(Cc2ccc(C(=O)O)s2)CC1C. The van der Waals surface area contributed by atoms with Crippen molar-refractivity contribution < 1.29 is 9.90 Å². The summed E-state index contributed by atoms with van der Waals surface area (Å²) in [6, 6.07) is 4.22. The number of piperazine rings is 1. The highest BCUT2D eigenvalue weighted by atomic mass is 32.1. The van der Waals surface area contributed by atoms with Gasteiger partial charge in [0.15, 0.2) is 0 Å². The minimum atomic E-state index is -0.824. The summed E-state index contributed by atoms with van der Waals surface area (Å²) < 4.78 is 0. The molecule has 0 bridgehead atoms. The molecule has 2 heterocycles. The van der Waals surface area contributed by atoms with Crippen LogP contribution in [0.25, 0.3) is 0 Å². The maximum Gasteiger partial charge on any atom is 0.345 e. The van der Waals surface area contributed by atoms with Crippen LogP contribution in [0, 0.1) is 0 Å². The van der Waals surface area contributed by atoms with Crippen molar-refractivity contribution in [2.75, 3.05) is 26.2 Å². The van der Waals surface area contributed by atoms with Gasteiger partial charge in [0.05, 0.1) is 0 Å². The summed E-state index contributed by atoms with van der Waals surface area (Å²) in [5.74, 6) is -0.824. The smallest absolute Gasteiger partial charge is 0.345 e. The molecule has 1 unspecified atom stereocenters. The summed E-state index contributed by atoms with van der Waals surface area (Å²) in [6.45, 7) is 9.68. The second kappa shape index (κ2) is 5.82. The molecule has 0 spiro atoms. The van der Waals surface area contributed by atoms with Crippen molar-refractivity contribution in [1.82, 2.24) is 9.80 Å². The van der Waals surface area contributed by atoms with E-state index >= 15 is 0 Å². The fraction of sp³-hybridized carbons (Fsp3) is 0.615. The summed E-state index contributed by atoms with van der Waals surface area (Å²) in [5.41, 5.74) is 0. The number of nitrogens with zero attached hydrogens (tertiary/aromatic N) is 2. The number of carboxylic acids is 1. The topological polar surface area (TPSA) is 43.8 Å². The van der Waals surface area contributed by atoms with Gasteiger partial charge in [-0.3, -0.25) is 9.80 Å². The monoisotopic (exact) mass is 268 g/mol. The van der Waals surface area contributed by atoms with Gasteiger partial charge in [0.2, 0.25) is 0 Å². The molecule has 1 aliphatic heterocycles. The van der Waals surface area contributed by atoms with Gasteiger partial charge in [-0.05, 0) is 25.6 Å². The zero-order chi connectivity index (χ0) is 13.1. The van der Waals surface area contributed by atoms with Gasteiger partial charge in [-0.2, -0.15) is 0 Å². The van der Waals surface area contributed by atoms with E-state index in [1.54, 1.807) is 6.07 Å². The Hall–Kier alpha value is -0.910. The maximum absolute atomic E-state index is 10.8. The predicted octanol–water partition coefficient (Wildman–Crippen LogP) is 1.97. The number of likely N-dealkylation sites (N-methyl/N-ethyl adjacent to an activating group) is 1. The molecule has 0 aliphatic carbocycles. The Kier molecular flexibility index (Phi) is 4.37. The fourth-order valence-electron chi connectivity index (χ4n) is 2.48. The Morgan fingerprint density at radius 1 is 1.50 bits per heavy atom. The van der Waals surface area contributed by atoms with Gasteiger partial charge in [-0.15, -0.1) is 11.3 Å². The molecule has 5 heteroatoms. The molecule has 0 radical (unpaired) electrons. The lowest BCUT2D eigenvalue weighted by atomic mass is 10.2. The zero-order valence-electron chi connectivity index (χ0n) is 10.9. The largest absolute Gasteiger partial charge is 0.477 e. The summed E-state index contributed by atoms with van der Waals surface area (Å²) in [6.07, 6.45) is 0. The third-order valence-corrected chi connectivity index (χ3v) is 4.57. The van der Waals surface area contributed by atoms with Crippen molar-refractivity contribution in [3.63, 3.8) is 0 Å². The standard InChI is InChI=1S/C13H20N2O2S/c1-3-15-7-6-14(8-10(15)2)9-11-4-5-12(18-11)13(16)17/h4-5,10H,3,6-9H2,1-2H3,(H,16,17). The van der Waals surface area contributed by atoms with E-state index in [-0.39, 0.29) is 0 Å². The third-order valence-electron chi connectivity index (χ3n) is 3.51. The fourth-order valence-corrected chi connectivity index (χ4v) is 3.37. The van der Waals surface area contributed by atoms with Gasteiger partial charge >= 0.3 is 5.97 Å². The van der Waals surface area contributed by atoms with Crippen LogP contribution in [0.4, 0.5) is 0 Å². The molecule has 1 aromatic heterocycles. The van der Waals surface area contributed by atoms with Gasteiger partial charge in [-0.25, -0.2) is 4.79 Å². The molecular weight excluding hydrogens is 248 g/mol. The zero-order valence-corrected chi connectivity index (χ0v) is 11.7. The first-order valence-corrected chi connectivity index (χ1v) is 7.20. The van der Waals surface area contributed by atoms with Crippen LogP contribution in [-0.2, 0) is 6.54 Å². The molecule has 0 aromatic carbocycles. The van der Waals surface area contributed by atoms with Crippen LogP contribution in [0.15, 0.2) is 12.1 Å². The average Bonchev–Trinajstić information content (AvgIpc) is 2.78. The van der Waals surface area contributed by atoms with E-state index in [1.165, 1.54) is 11.3 Å². The van der Waals surface area contributed by atoms with E-state index in [4.69, 9.17) is 5.11 Å². The number of hydrogen-bond acceptors (Lipinski definition) is 4. The van der Waals surface area contributed by atoms with E-state index < -0.39 is 5.97 Å². The Bertz CT molecular complexity index is 419. The predicted molar refractivity (Wildman–Crippen MR) is 73.3 cm³/mol. The first-order valence-electron chi connectivity index (χ1n) is 6.38. The molecule has 1 fully saturated rings. The highest BCUT2D eigenvalue weighted by molar-refractivity contribution is 7.13. The number of thiophene rings is 1. The van der Waals surface area contributed by atoms with E-state index in [0.717, 1.165) is 37.6 Å². The minimum absolute atomic E-state index is 0.435. The molecule has 100 valence electrons. The first-order chi connectivity index (χ1) is 8.60. The number of carbonyl (C=O) groups is 1. The molecule has 4 nitrogen and oxygen atoms in total. The highest BCUT2D eigenvalue weighted by Crippen LogP contribution is 2.20.